The second kappa shape index (κ2) is 11.3. The van der Waals surface area contributed by atoms with E-state index >= 15 is 0 Å². The van der Waals surface area contributed by atoms with E-state index in [0.717, 1.165) is 17.7 Å². The molecule has 0 bridgehead atoms. The molecule has 31 heavy (non-hydrogen) atoms. The van der Waals surface area contributed by atoms with E-state index in [1.54, 1.807) is 23.3 Å². The Hall–Kier alpha value is -2.38. The molecule has 6 nitrogen and oxygen atoms in total. The van der Waals surface area contributed by atoms with Gasteiger partial charge in [-0.25, -0.2) is 0 Å². The Morgan fingerprint density at radius 1 is 1.23 bits per heavy atom. The molecule has 2 heterocycles. The molecular weight excluding hydrogens is 412 g/mol. The predicted octanol–water partition coefficient (Wildman–Crippen LogP) is 3.77. The highest BCUT2D eigenvalue weighted by atomic mass is 32.1. The molecular formula is C24H32N2O4S. The number of hydrogen-bond donors (Lipinski definition) is 0. The van der Waals surface area contributed by atoms with Crippen molar-refractivity contribution in [2.45, 2.75) is 32.7 Å². The van der Waals surface area contributed by atoms with Crippen LogP contribution in [0.1, 0.15) is 36.8 Å². The molecule has 1 aromatic heterocycles. The molecule has 3 rings (SSSR count). The monoisotopic (exact) mass is 444 g/mol. The van der Waals surface area contributed by atoms with Crippen LogP contribution in [-0.4, -0.2) is 61.6 Å². The molecule has 0 spiro atoms. The average Bonchev–Trinajstić information content (AvgIpc) is 3.26. The van der Waals surface area contributed by atoms with Gasteiger partial charge in [0.05, 0.1) is 12.6 Å². The number of fused-ring (bicyclic) bond motifs is 1. The van der Waals surface area contributed by atoms with Crippen LogP contribution in [0.3, 0.4) is 0 Å². The van der Waals surface area contributed by atoms with Gasteiger partial charge in [-0.1, -0.05) is 32.0 Å². The molecule has 1 aromatic carbocycles. The van der Waals surface area contributed by atoms with E-state index < -0.39 is 0 Å². The average molecular weight is 445 g/mol. The van der Waals surface area contributed by atoms with Crippen LogP contribution < -0.4 is 4.74 Å². The van der Waals surface area contributed by atoms with Crippen LogP contribution in [0.25, 0.3) is 0 Å². The van der Waals surface area contributed by atoms with Gasteiger partial charge in [0, 0.05) is 37.6 Å². The van der Waals surface area contributed by atoms with Crippen molar-refractivity contribution in [2.75, 3.05) is 40.0 Å². The number of carbonyl (C=O) groups is 2. The number of ether oxygens (including phenoxy) is 2. The number of rotatable bonds is 10. The number of hydrogen-bond acceptors (Lipinski definition) is 5. The number of thiophene rings is 1. The topological polar surface area (TPSA) is 59.1 Å². The van der Waals surface area contributed by atoms with Gasteiger partial charge in [-0.15, -0.1) is 11.3 Å². The predicted molar refractivity (Wildman–Crippen MR) is 122 cm³/mol. The Kier molecular flexibility index (Phi) is 8.49. The molecule has 7 heteroatoms. The van der Waals surface area contributed by atoms with E-state index in [1.165, 1.54) is 4.88 Å². The fourth-order valence-electron chi connectivity index (χ4n) is 3.85. The molecule has 0 radical (unpaired) electrons. The Morgan fingerprint density at radius 2 is 2.00 bits per heavy atom. The maximum Gasteiger partial charge on any atom is 0.242 e. The second-order valence-corrected chi connectivity index (χ2v) is 9.04. The minimum atomic E-state index is -0.155. The number of benzene rings is 1. The Balaban J connectivity index is 1.73. The summed E-state index contributed by atoms with van der Waals surface area (Å²) in [5.41, 5.74) is 1.15. The largest absolute Gasteiger partial charge is 0.491 e. The van der Waals surface area contributed by atoms with Crippen molar-refractivity contribution >= 4 is 23.2 Å². The summed E-state index contributed by atoms with van der Waals surface area (Å²) in [6.07, 6.45) is 1.54. The van der Waals surface area contributed by atoms with Gasteiger partial charge < -0.3 is 19.3 Å². The number of nitrogens with zero attached hydrogens (tertiary/aromatic N) is 2. The van der Waals surface area contributed by atoms with E-state index in [9.17, 15) is 9.59 Å². The Bertz CT molecular complexity index is 852. The maximum absolute atomic E-state index is 13.4. The molecule has 2 amide bonds. The number of para-hydroxylation sites is 1. The normalized spacial score (nSPS) is 15.6. The molecule has 0 saturated carbocycles. The summed E-state index contributed by atoms with van der Waals surface area (Å²) in [6, 6.07) is 11.6. The molecule has 0 aliphatic carbocycles. The minimum Gasteiger partial charge on any atom is -0.491 e. The molecule has 0 unspecified atom stereocenters. The quantitative estimate of drug-likeness (QED) is 0.524. The van der Waals surface area contributed by atoms with Crippen LogP contribution in [0.2, 0.25) is 0 Å². The summed E-state index contributed by atoms with van der Waals surface area (Å²) in [5, 5.41) is 2.08. The van der Waals surface area contributed by atoms with Crippen molar-refractivity contribution in [1.82, 2.24) is 9.80 Å². The minimum absolute atomic E-state index is 0.00484. The summed E-state index contributed by atoms with van der Waals surface area (Å²) >= 11 is 1.73. The first-order chi connectivity index (χ1) is 15.0. The molecule has 1 atom stereocenters. The highest BCUT2D eigenvalue weighted by Crippen LogP contribution is 2.34. The van der Waals surface area contributed by atoms with Crippen LogP contribution in [0.15, 0.2) is 41.8 Å². The van der Waals surface area contributed by atoms with Gasteiger partial charge in [0.1, 0.15) is 12.4 Å². The fraction of sp³-hybridized carbons (Fsp3) is 0.500. The van der Waals surface area contributed by atoms with Crippen molar-refractivity contribution in [3.8, 4) is 5.75 Å². The molecule has 2 aromatic rings. The zero-order chi connectivity index (χ0) is 22.2. The third kappa shape index (κ3) is 6.08. The fourth-order valence-corrected chi connectivity index (χ4v) is 4.78. The number of carbonyl (C=O) groups excluding carboxylic acids is 2. The van der Waals surface area contributed by atoms with E-state index in [2.05, 4.69) is 11.4 Å². The molecule has 0 N–H and O–H groups in total. The van der Waals surface area contributed by atoms with Crippen LogP contribution in [0.5, 0.6) is 5.75 Å². The highest BCUT2D eigenvalue weighted by Gasteiger charge is 2.33. The summed E-state index contributed by atoms with van der Waals surface area (Å²) in [5.74, 6) is 0.588. The second-order valence-electron chi connectivity index (χ2n) is 8.04. The smallest absolute Gasteiger partial charge is 0.242 e. The first-order valence-electron chi connectivity index (χ1n) is 10.8. The van der Waals surface area contributed by atoms with Crippen molar-refractivity contribution < 1.29 is 19.1 Å². The van der Waals surface area contributed by atoms with E-state index in [4.69, 9.17) is 9.47 Å². The third-order valence-electron chi connectivity index (χ3n) is 5.47. The molecule has 168 valence electrons. The van der Waals surface area contributed by atoms with Gasteiger partial charge in [0.15, 0.2) is 0 Å². The van der Waals surface area contributed by atoms with Crippen LogP contribution in [0, 0.1) is 5.92 Å². The SMILES string of the molecule is COCCCN(CC(=O)N1CCc2sccc2[C@H]1COc1ccccc1)C(=O)C(C)C. The lowest BCUT2D eigenvalue weighted by Gasteiger charge is -2.37. The van der Waals surface area contributed by atoms with E-state index in [1.807, 2.05) is 49.1 Å². The molecule has 1 aliphatic heterocycles. The van der Waals surface area contributed by atoms with Gasteiger partial charge in [0.2, 0.25) is 11.8 Å². The highest BCUT2D eigenvalue weighted by molar-refractivity contribution is 7.10. The standard InChI is InChI=1S/C24H32N2O4S/c1-18(2)24(28)25(12-7-14-29-3)16-23(27)26-13-10-22-20(11-15-31-22)21(26)17-30-19-8-5-4-6-9-19/h4-6,8-9,11,15,18,21H,7,10,12-14,16-17H2,1-3H3/t21-/m1/s1. The van der Waals surface area contributed by atoms with Gasteiger partial charge in [0.25, 0.3) is 0 Å². The van der Waals surface area contributed by atoms with E-state index in [0.29, 0.717) is 32.7 Å². The number of amides is 2. The molecule has 0 saturated heterocycles. The summed E-state index contributed by atoms with van der Waals surface area (Å²) < 4.78 is 11.2. The van der Waals surface area contributed by atoms with Crippen molar-refractivity contribution in [2.24, 2.45) is 5.92 Å². The van der Waals surface area contributed by atoms with Crippen LogP contribution in [-0.2, 0) is 20.7 Å². The van der Waals surface area contributed by atoms with Gasteiger partial charge >= 0.3 is 0 Å². The summed E-state index contributed by atoms with van der Waals surface area (Å²) in [7, 11) is 1.64. The molecule has 1 aliphatic rings. The van der Waals surface area contributed by atoms with Gasteiger partial charge in [-0.05, 0) is 42.0 Å². The first kappa shape index (κ1) is 23.3. The van der Waals surface area contributed by atoms with Crippen LogP contribution in [0.4, 0.5) is 0 Å². The Labute approximate surface area is 188 Å². The first-order valence-corrected chi connectivity index (χ1v) is 11.7. The number of methoxy groups -OCH3 is 1. The van der Waals surface area contributed by atoms with Crippen molar-refractivity contribution in [1.29, 1.82) is 0 Å². The summed E-state index contributed by atoms with van der Waals surface area (Å²) in [4.78, 5) is 30.9. The Morgan fingerprint density at radius 3 is 2.71 bits per heavy atom. The third-order valence-corrected chi connectivity index (χ3v) is 6.47. The van der Waals surface area contributed by atoms with Gasteiger partial charge in [-0.3, -0.25) is 9.59 Å². The lowest BCUT2D eigenvalue weighted by molar-refractivity contribution is -0.144. The lowest BCUT2D eigenvalue weighted by Crippen LogP contribution is -2.48. The van der Waals surface area contributed by atoms with E-state index in [-0.39, 0.29) is 30.3 Å². The lowest BCUT2D eigenvalue weighted by atomic mass is 10.00. The summed E-state index contributed by atoms with van der Waals surface area (Å²) in [6.45, 7) is 5.92. The van der Waals surface area contributed by atoms with Crippen molar-refractivity contribution in [3.05, 3.63) is 52.2 Å². The zero-order valence-corrected chi connectivity index (χ0v) is 19.4. The van der Waals surface area contributed by atoms with Crippen molar-refractivity contribution in [3.63, 3.8) is 0 Å². The molecule has 0 fully saturated rings. The zero-order valence-electron chi connectivity index (χ0n) is 18.6. The van der Waals surface area contributed by atoms with Crippen LogP contribution >= 0.6 is 11.3 Å². The van der Waals surface area contributed by atoms with Gasteiger partial charge in [-0.2, -0.15) is 0 Å². The maximum atomic E-state index is 13.4.